The van der Waals surface area contributed by atoms with E-state index in [1.54, 1.807) is 43.3 Å². The van der Waals surface area contributed by atoms with Gasteiger partial charge in [0.05, 0.1) is 19.3 Å². The van der Waals surface area contributed by atoms with E-state index in [0.717, 1.165) is 22.7 Å². The molecule has 0 atom stereocenters. The number of benzene rings is 2. The zero-order chi connectivity index (χ0) is 30.6. The number of thiophene rings is 2. The summed E-state index contributed by atoms with van der Waals surface area (Å²) in [4.78, 5) is 13.2. The van der Waals surface area contributed by atoms with Gasteiger partial charge in [0.15, 0.2) is 0 Å². The van der Waals surface area contributed by atoms with Crippen molar-refractivity contribution in [2.75, 3.05) is 13.7 Å². The molecule has 0 aliphatic heterocycles. The molecule has 11 heteroatoms. The Balaban J connectivity index is 1.66. The predicted octanol–water partition coefficient (Wildman–Crippen LogP) is 9.78. The Labute approximate surface area is 246 Å². The van der Waals surface area contributed by atoms with Crippen LogP contribution in [0.1, 0.15) is 38.2 Å². The molecule has 2 aromatic carbocycles. The summed E-state index contributed by atoms with van der Waals surface area (Å²) < 4.78 is 102. The molecular formula is C31H24F6O3S2. The third-order valence-corrected chi connectivity index (χ3v) is 9.30. The molecule has 1 aliphatic carbocycles. The van der Waals surface area contributed by atoms with Crippen molar-refractivity contribution in [3.63, 3.8) is 0 Å². The molecular weight excluding hydrogens is 598 g/mol. The Morgan fingerprint density at radius 1 is 0.738 bits per heavy atom. The van der Waals surface area contributed by atoms with Gasteiger partial charge < -0.3 is 9.47 Å². The van der Waals surface area contributed by atoms with Gasteiger partial charge in [-0.2, -0.15) is 26.3 Å². The first-order valence-electron chi connectivity index (χ1n) is 12.8. The Bertz CT molecular complexity index is 1680. The van der Waals surface area contributed by atoms with Crippen molar-refractivity contribution in [3.05, 3.63) is 87.1 Å². The molecule has 220 valence electrons. The van der Waals surface area contributed by atoms with Gasteiger partial charge in [0.2, 0.25) is 0 Å². The molecule has 2 heterocycles. The summed E-state index contributed by atoms with van der Waals surface area (Å²) in [6.07, 6.45) is 0. The molecule has 0 unspecified atom stereocenters. The number of hydrogen-bond donors (Lipinski definition) is 0. The van der Waals surface area contributed by atoms with Crippen LogP contribution in [0.5, 0.6) is 5.75 Å². The summed E-state index contributed by atoms with van der Waals surface area (Å²) >= 11 is 2.05. The highest BCUT2D eigenvalue weighted by atomic mass is 32.1. The quantitative estimate of drug-likeness (QED) is 0.152. The third-order valence-electron chi connectivity index (χ3n) is 7.10. The van der Waals surface area contributed by atoms with Gasteiger partial charge in [0.1, 0.15) is 5.75 Å². The van der Waals surface area contributed by atoms with Gasteiger partial charge in [-0.3, -0.25) is 0 Å². The lowest BCUT2D eigenvalue weighted by molar-refractivity contribution is -0.254. The van der Waals surface area contributed by atoms with E-state index in [0.29, 0.717) is 26.6 Å². The molecule has 5 rings (SSSR count). The number of ether oxygens (including phenoxy) is 2. The Kier molecular flexibility index (Phi) is 7.55. The zero-order valence-electron chi connectivity index (χ0n) is 22.8. The van der Waals surface area contributed by atoms with Gasteiger partial charge in [0, 0.05) is 30.7 Å². The fourth-order valence-corrected chi connectivity index (χ4v) is 6.98. The van der Waals surface area contributed by atoms with Gasteiger partial charge in [0.25, 0.3) is 0 Å². The topological polar surface area (TPSA) is 35.5 Å². The van der Waals surface area contributed by atoms with E-state index in [-0.39, 0.29) is 33.1 Å². The van der Waals surface area contributed by atoms with Gasteiger partial charge in [-0.25, -0.2) is 4.79 Å². The standard InChI is InChI=1S/C31H24F6O3S2/c1-5-40-28(38)20-8-6-18(7-9-20)24-14-22(16(2)41-24)26-27(30(34,35)31(36,37)29(26,32)33)23-15-25(42-17(23)3)19-10-12-21(39-4)13-11-19/h6-15H,5H2,1-4H3. The van der Waals surface area contributed by atoms with Crippen molar-refractivity contribution in [3.8, 4) is 26.6 Å². The smallest absolute Gasteiger partial charge is 0.380 e. The first-order valence-corrected chi connectivity index (χ1v) is 14.4. The van der Waals surface area contributed by atoms with Crippen molar-refractivity contribution in [2.24, 2.45) is 0 Å². The summed E-state index contributed by atoms with van der Waals surface area (Å²) in [5.74, 6) is -16.0. The van der Waals surface area contributed by atoms with Crippen LogP contribution in [-0.2, 0) is 4.74 Å². The molecule has 0 amide bonds. The summed E-state index contributed by atoms with van der Waals surface area (Å²) in [6.45, 7) is 4.71. The lowest BCUT2D eigenvalue weighted by Gasteiger charge is -2.25. The maximum absolute atomic E-state index is 15.5. The molecule has 3 nitrogen and oxygen atoms in total. The predicted molar refractivity (Wildman–Crippen MR) is 153 cm³/mol. The van der Waals surface area contributed by atoms with Gasteiger partial charge in [-0.05, 0) is 91.6 Å². The van der Waals surface area contributed by atoms with Crippen molar-refractivity contribution >= 4 is 39.8 Å². The molecule has 4 aromatic rings. The number of allylic oxidation sites excluding steroid dienone is 2. The van der Waals surface area contributed by atoms with E-state index >= 15 is 17.6 Å². The van der Waals surface area contributed by atoms with Gasteiger partial charge in [-0.1, -0.05) is 12.1 Å². The Morgan fingerprint density at radius 2 is 1.17 bits per heavy atom. The summed E-state index contributed by atoms with van der Waals surface area (Å²) in [7, 11) is 1.48. The number of alkyl halides is 6. The van der Waals surface area contributed by atoms with Crippen LogP contribution in [0, 0.1) is 13.8 Å². The van der Waals surface area contributed by atoms with Crippen LogP contribution < -0.4 is 4.74 Å². The van der Waals surface area contributed by atoms with Gasteiger partial charge >= 0.3 is 23.7 Å². The summed E-state index contributed by atoms with van der Waals surface area (Å²) in [5, 5.41) is 0. The first-order chi connectivity index (χ1) is 19.7. The molecule has 42 heavy (non-hydrogen) atoms. The number of esters is 1. The molecule has 0 bridgehead atoms. The average molecular weight is 623 g/mol. The first kappa shape index (κ1) is 29.9. The van der Waals surface area contributed by atoms with Crippen molar-refractivity contribution in [1.82, 2.24) is 0 Å². The number of methoxy groups -OCH3 is 1. The number of carbonyl (C=O) groups excluding carboxylic acids is 1. The molecule has 0 N–H and O–H groups in total. The number of halogens is 6. The molecule has 0 saturated carbocycles. The molecule has 2 aromatic heterocycles. The minimum Gasteiger partial charge on any atom is -0.497 e. The van der Waals surface area contributed by atoms with E-state index in [1.807, 2.05) is 0 Å². The lowest BCUT2D eigenvalue weighted by Crippen LogP contribution is -2.48. The Morgan fingerprint density at radius 3 is 1.57 bits per heavy atom. The van der Waals surface area contributed by atoms with E-state index in [1.165, 1.54) is 45.2 Å². The normalized spacial score (nSPS) is 17.0. The van der Waals surface area contributed by atoms with Crippen LogP contribution in [0.25, 0.3) is 32.0 Å². The van der Waals surface area contributed by atoms with Crippen molar-refractivity contribution in [1.29, 1.82) is 0 Å². The zero-order valence-corrected chi connectivity index (χ0v) is 24.4. The van der Waals surface area contributed by atoms with E-state index in [2.05, 4.69) is 0 Å². The summed E-state index contributed by atoms with van der Waals surface area (Å²) in [5.41, 5.74) is -2.14. The number of hydrogen-bond acceptors (Lipinski definition) is 5. The lowest BCUT2D eigenvalue weighted by atomic mass is 9.94. The SMILES string of the molecule is CCOC(=O)c1ccc(-c2cc(C3=C(c4cc(-c5ccc(OC)cc5)sc4C)C(F)(F)C(F)(F)C3(F)F)c(C)s2)cc1. The van der Waals surface area contributed by atoms with Crippen molar-refractivity contribution in [2.45, 2.75) is 38.5 Å². The third kappa shape index (κ3) is 4.63. The van der Waals surface area contributed by atoms with Crippen molar-refractivity contribution < 1.29 is 40.6 Å². The van der Waals surface area contributed by atoms with Crippen LogP contribution in [0.15, 0.2) is 60.7 Å². The van der Waals surface area contributed by atoms with Crippen LogP contribution in [0.3, 0.4) is 0 Å². The number of carbonyl (C=O) groups is 1. The van der Waals surface area contributed by atoms with Crippen LogP contribution in [0.2, 0.25) is 0 Å². The molecule has 0 radical (unpaired) electrons. The second kappa shape index (κ2) is 10.6. The number of aryl methyl sites for hydroxylation is 2. The van der Waals surface area contributed by atoms with Crippen LogP contribution in [0.4, 0.5) is 26.3 Å². The largest absolute Gasteiger partial charge is 0.497 e. The highest BCUT2D eigenvalue weighted by Crippen LogP contribution is 2.66. The van der Waals surface area contributed by atoms with E-state index in [4.69, 9.17) is 9.47 Å². The fraction of sp³-hybridized carbons (Fsp3) is 0.258. The van der Waals surface area contributed by atoms with E-state index < -0.39 is 34.9 Å². The molecule has 0 fully saturated rings. The van der Waals surface area contributed by atoms with Crippen LogP contribution >= 0.6 is 22.7 Å². The highest BCUT2D eigenvalue weighted by Gasteiger charge is 2.80. The molecule has 0 saturated heterocycles. The van der Waals surface area contributed by atoms with E-state index in [9.17, 15) is 13.6 Å². The van der Waals surface area contributed by atoms with Crippen LogP contribution in [-0.4, -0.2) is 37.5 Å². The molecule has 0 spiro atoms. The fourth-order valence-electron chi connectivity index (χ4n) is 4.92. The maximum atomic E-state index is 15.5. The summed E-state index contributed by atoms with van der Waals surface area (Å²) in [6, 6.07) is 15.2. The molecule has 1 aliphatic rings. The average Bonchev–Trinajstić information content (AvgIpc) is 3.55. The Hall–Kier alpha value is -3.57. The highest BCUT2D eigenvalue weighted by molar-refractivity contribution is 7.16. The van der Waals surface area contributed by atoms with Gasteiger partial charge in [-0.15, -0.1) is 22.7 Å². The monoisotopic (exact) mass is 622 g/mol. The minimum atomic E-state index is -5.66. The second-order valence-corrected chi connectivity index (χ2v) is 12.2. The number of rotatable bonds is 7. The second-order valence-electron chi connectivity index (χ2n) is 9.66. The maximum Gasteiger partial charge on any atom is 0.380 e. The minimum absolute atomic E-state index is 0.170.